The van der Waals surface area contributed by atoms with E-state index in [0.29, 0.717) is 0 Å². The van der Waals surface area contributed by atoms with E-state index in [2.05, 4.69) is 4.90 Å². The highest BCUT2D eigenvalue weighted by Crippen LogP contribution is 2.44. The van der Waals surface area contributed by atoms with Gasteiger partial charge in [0.15, 0.2) is 0 Å². The van der Waals surface area contributed by atoms with Crippen molar-refractivity contribution >= 4 is 17.9 Å². The van der Waals surface area contributed by atoms with Crippen molar-refractivity contribution in [1.29, 1.82) is 0 Å². The molecule has 2 aromatic carbocycles. The molecule has 2 aliphatic rings. The van der Waals surface area contributed by atoms with E-state index in [0.717, 1.165) is 42.1 Å². The lowest BCUT2D eigenvalue weighted by molar-refractivity contribution is -0.159. The third-order valence-corrected chi connectivity index (χ3v) is 4.73. The van der Waals surface area contributed by atoms with Crippen molar-refractivity contribution in [3.8, 4) is 11.5 Å². The Labute approximate surface area is 167 Å². The van der Waals surface area contributed by atoms with Crippen LogP contribution in [0.1, 0.15) is 23.5 Å². The van der Waals surface area contributed by atoms with Gasteiger partial charge in [0.25, 0.3) is 0 Å². The molecule has 2 N–H and O–H groups in total. The molecule has 1 fully saturated rings. The molecule has 0 bridgehead atoms. The minimum atomic E-state index is -1.82. The molecule has 152 valence electrons. The topological polar surface area (TPSA) is 113 Å². The Kier molecular flexibility index (Phi) is 6.13. The summed E-state index contributed by atoms with van der Waals surface area (Å²) >= 11 is 0. The zero-order valence-corrected chi connectivity index (χ0v) is 15.8. The predicted octanol–water partition coefficient (Wildman–Crippen LogP) is 2.33. The minimum Gasteiger partial charge on any atom is -0.473 e. The normalized spacial score (nSPS) is 17.8. The first-order valence-electron chi connectivity index (χ1n) is 9.07. The van der Waals surface area contributed by atoms with Crippen LogP contribution in [0.2, 0.25) is 0 Å². The van der Waals surface area contributed by atoms with Crippen molar-refractivity contribution in [3.05, 3.63) is 59.7 Å². The van der Waals surface area contributed by atoms with Crippen molar-refractivity contribution < 1.29 is 34.1 Å². The third kappa shape index (κ3) is 4.72. The van der Waals surface area contributed by atoms with E-state index in [9.17, 15) is 4.79 Å². The summed E-state index contributed by atoms with van der Waals surface area (Å²) in [6.07, 6.45) is 0.879. The Morgan fingerprint density at radius 1 is 0.966 bits per heavy atom. The van der Waals surface area contributed by atoms with E-state index < -0.39 is 17.9 Å². The summed E-state index contributed by atoms with van der Waals surface area (Å²) in [5.74, 6) is -2.78. The van der Waals surface area contributed by atoms with Crippen LogP contribution in [0.5, 0.6) is 11.5 Å². The van der Waals surface area contributed by atoms with Crippen LogP contribution in [0.25, 0.3) is 0 Å². The highest BCUT2D eigenvalue weighted by molar-refractivity contribution is 6.27. The van der Waals surface area contributed by atoms with Gasteiger partial charge in [-0.25, -0.2) is 9.59 Å². The second-order valence-corrected chi connectivity index (χ2v) is 6.83. The molecule has 0 aromatic heterocycles. The number of likely N-dealkylation sites (N-methyl/N-ethyl adjacent to an activating group) is 1. The lowest BCUT2D eigenvalue weighted by Gasteiger charge is -2.27. The van der Waals surface area contributed by atoms with Crippen LogP contribution in [0.15, 0.2) is 48.5 Å². The average Bonchev–Trinajstić information content (AvgIpc) is 3.10. The van der Waals surface area contributed by atoms with Gasteiger partial charge in [-0.3, -0.25) is 4.79 Å². The second-order valence-electron chi connectivity index (χ2n) is 6.83. The third-order valence-electron chi connectivity index (χ3n) is 4.73. The van der Waals surface area contributed by atoms with Gasteiger partial charge in [0, 0.05) is 24.2 Å². The van der Waals surface area contributed by atoms with Crippen molar-refractivity contribution in [2.24, 2.45) is 0 Å². The molecule has 0 saturated carbocycles. The fourth-order valence-corrected chi connectivity index (χ4v) is 3.39. The number of rotatable bonds is 2. The maximum atomic E-state index is 12.9. The minimum absolute atomic E-state index is 0.0188. The summed E-state index contributed by atoms with van der Waals surface area (Å²) in [7, 11) is 2.05. The highest BCUT2D eigenvalue weighted by Gasteiger charge is 2.35. The van der Waals surface area contributed by atoms with Crippen LogP contribution in [-0.2, 0) is 19.1 Å². The first kappa shape index (κ1) is 20.3. The number of nitrogens with zero attached hydrogens (tertiary/aromatic N) is 1. The molecule has 2 heterocycles. The number of carboxylic acid groups (broad SMARTS) is 2. The van der Waals surface area contributed by atoms with Crippen LogP contribution >= 0.6 is 0 Å². The van der Waals surface area contributed by atoms with E-state index in [1.54, 1.807) is 0 Å². The maximum Gasteiger partial charge on any atom is 0.414 e. The van der Waals surface area contributed by atoms with Gasteiger partial charge in [0.1, 0.15) is 23.5 Å². The number of fused-ring (bicyclic) bond motifs is 2. The highest BCUT2D eigenvalue weighted by atomic mass is 16.5. The molecular weight excluding hydrogens is 378 g/mol. The Bertz CT molecular complexity index is 869. The van der Waals surface area contributed by atoms with Gasteiger partial charge in [0.2, 0.25) is 0 Å². The number of hydrogen-bond acceptors (Lipinski definition) is 6. The number of carboxylic acids is 2. The molecule has 0 radical (unpaired) electrons. The Balaban J connectivity index is 0.000000353. The molecule has 0 spiro atoms. The summed E-state index contributed by atoms with van der Waals surface area (Å²) in [4.78, 5) is 33.3. The Hall–Kier alpha value is -3.39. The van der Waals surface area contributed by atoms with Gasteiger partial charge in [-0.05, 0) is 25.6 Å². The number of benzene rings is 2. The molecule has 0 amide bonds. The van der Waals surface area contributed by atoms with E-state index in [1.807, 2.05) is 55.6 Å². The van der Waals surface area contributed by atoms with Crippen LogP contribution in [0, 0.1) is 0 Å². The first-order valence-corrected chi connectivity index (χ1v) is 9.07. The number of carbonyl (C=O) groups excluding carboxylic acids is 1. The smallest absolute Gasteiger partial charge is 0.414 e. The zero-order chi connectivity index (χ0) is 21.0. The first-order chi connectivity index (χ1) is 13.9. The Morgan fingerprint density at radius 3 is 1.93 bits per heavy atom. The van der Waals surface area contributed by atoms with Crippen LogP contribution in [0.3, 0.4) is 0 Å². The van der Waals surface area contributed by atoms with Gasteiger partial charge < -0.3 is 24.6 Å². The fraction of sp³-hybridized carbons (Fsp3) is 0.286. The van der Waals surface area contributed by atoms with Crippen LogP contribution in [0.4, 0.5) is 0 Å². The summed E-state index contributed by atoms with van der Waals surface area (Å²) in [6, 6.07) is 15.4. The number of ether oxygens (including phenoxy) is 2. The SMILES string of the molecule is CN1CC[C@@H](OC(=O)C2c3ccccc3Oc3ccccc32)C1.O=C(O)C(=O)O. The zero-order valence-electron chi connectivity index (χ0n) is 15.8. The molecule has 29 heavy (non-hydrogen) atoms. The molecule has 0 unspecified atom stereocenters. The fourth-order valence-electron chi connectivity index (χ4n) is 3.39. The monoisotopic (exact) mass is 399 g/mol. The van der Waals surface area contributed by atoms with E-state index >= 15 is 0 Å². The lowest BCUT2D eigenvalue weighted by Crippen LogP contribution is -2.27. The Morgan fingerprint density at radius 2 is 1.48 bits per heavy atom. The van der Waals surface area contributed by atoms with E-state index in [4.69, 9.17) is 29.3 Å². The predicted molar refractivity (Wildman–Crippen MR) is 102 cm³/mol. The summed E-state index contributed by atoms with van der Waals surface area (Å²) in [5.41, 5.74) is 1.75. The van der Waals surface area contributed by atoms with Crippen LogP contribution in [-0.4, -0.2) is 59.3 Å². The van der Waals surface area contributed by atoms with Gasteiger partial charge >= 0.3 is 17.9 Å². The number of esters is 1. The number of hydrogen-bond donors (Lipinski definition) is 2. The number of aliphatic carboxylic acids is 2. The largest absolute Gasteiger partial charge is 0.473 e. The summed E-state index contributed by atoms with van der Waals surface area (Å²) in [5, 5.41) is 14.8. The van der Waals surface area contributed by atoms with Gasteiger partial charge in [-0.15, -0.1) is 0 Å². The van der Waals surface area contributed by atoms with Gasteiger partial charge in [0.05, 0.1) is 0 Å². The van der Waals surface area contributed by atoms with Crippen molar-refractivity contribution in [1.82, 2.24) is 4.90 Å². The van der Waals surface area contributed by atoms with Crippen molar-refractivity contribution in [2.75, 3.05) is 20.1 Å². The molecule has 8 nitrogen and oxygen atoms in total. The standard InChI is InChI=1S/C19H19NO3.C2H2O4/c1-20-11-10-13(12-20)22-19(21)18-14-6-2-4-8-16(14)23-17-9-5-3-7-15(17)18;3-1(4)2(5)6/h2-9,13,18H,10-12H2,1H3;(H,3,4)(H,5,6)/t13-;/m1./s1. The molecule has 4 rings (SSSR count). The molecule has 1 saturated heterocycles. The molecule has 8 heteroatoms. The van der Waals surface area contributed by atoms with Crippen molar-refractivity contribution in [3.63, 3.8) is 0 Å². The maximum absolute atomic E-state index is 12.9. The second kappa shape index (κ2) is 8.74. The lowest BCUT2D eigenvalue weighted by atomic mass is 9.88. The molecule has 0 aliphatic carbocycles. The average molecular weight is 399 g/mol. The number of carbonyl (C=O) groups is 3. The van der Waals surface area contributed by atoms with E-state index in [1.165, 1.54) is 0 Å². The van der Waals surface area contributed by atoms with E-state index in [-0.39, 0.29) is 12.1 Å². The molecule has 2 aliphatic heterocycles. The summed E-state index contributed by atoms with van der Waals surface area (Å²) < 4.78 is 11.7. The number of likely N-dealkylation sites (tertiary alicyclic amines) is 1. The van der Waals surface area contributed by atoms with Gasteiger partial charge in [-0.2, -0.15) is 0 Å². The molecule has 1 atom stereocenters. The van der Waals surface area contributed by atoms with Crippen LogP contribution < -0.4 is 4.74 Å². The molecule has 2 aromatic rings. The van der Waals surface area contributed by atoms with Gasteiger partial charge in [-0.1, -0.05) is 36.4 Å². The molecular formula is C21H21NO7. The quantitative estimate of drug-likeness (QED) is 0.584. The summed E-state index contributed by atoms with van der Waals surface area (Å²) in [6.45, 7) is 1.77. The van der Waals surface area contributed by atoms with Crippen molar-refractivity contribution in [2.45, 2.75) is 18.4 Å². The number of para-hydroxylation sites is 2.